The lowest BCUT2D eigenvalue weighted by Gasteiger charge is -2.30. The summed E-state index contributed by atoms with van der Waals surface area (Å²) in [7, 11) is 0. The molecule has 226 valence electrons. The van der Waals surface area contributed by atoms with Crippen molar-refractivity contribution in [1.29, 1.82) is 0 Å². The zero-order valence-corrected chi connectivity index (χ0v) is 24.6. The van der Waals surface area contributed by atoms with Crippen molar-refractivity contribution in [2.75, 3.05) is 26.2 Å². The molecular formula is C35H38N6O3. The van der Waals surface area contributed by atoms with Crippen molar-refractivity contribution in [3.63, 3.8) is 0 Å². The number of fused-ring (bicyclic) bond motifs is 1. The van der Waals surface area contributed by atoms with Gasteiger partial charge in [0.05, 0.1) is 0 Å². The number of carbonyl (C=O) groups is 2. The predicted molar refractivity (Wildman–Crippen MR) is 172 cm³/mol. The molecule has 1 aliphatic heterocycles. The van der Waals surface area contributed by atoms with Crippen LogP contribution in [0.15, 0.2) is 108 Å². The van der Waals surface area contributed by atoms with Crippen molar-refractivity contribution in [1.82, 2.24) is 15.5 Å². The van der Waals surface area contributed by atoms with Crippen molar-refractivity contribution >= 4 is 28.5 Å². The molecule has 9 heteroatoms. The highest BCUT2D eigenvalue weighted by atomic mass is 16.6. The Morgan fingerprint density at radius 3 is 2.30 bits per heavy atom. The minimum absolute atomic E-state index is 0.0117. The topological polar surface area (TPSA) is 135 Å². The van der Waals surface area contributed by atoms with Gasteiger partial charge in [-0.25, -0.2) is 0 Å². The molecule has 2 unspecified atom stereocenters. The number of hydrogen-bond acceptors (Lipinski definition) is 5. The van der Waals surface area contributed by atoms with Gasteiger partial charge in [0.1, 0.15) is 12.1 Å². The van der Waals surface area contributed by atoms with Crippen LogP contribution in [0.3, 0.4) is 0 Å². The number of guanidine groups is 1. The van der Waals surface area contributed by atoms with E-state index in [9.17, 15) is 9.59 Å². The number of nitrogens with two attached hydrogens (primary N) is 2. The largest absolute Gasteiger partial charge is 0.392 e. The fraction of sp³-hybridized carbons (Fsp3) is 0.286. The van der Waals surface area contributed by atoms with E-state index in [1.165, 1.54) is 0 Å². The van der Waals surface area contributed by atoms with Crippen LogP contribution in [0.1, 0.15) is 40.2 Å². The number of nitrogens with one attached hydrogen (secondary N) is 2. The smallest absolute Gasteiger partial charge is 0.251 e. The van der Waals surface area contributed by atoms with E-state index in [0.717, 1.165) is 21.9 Å². The van der Waals surface area contributed by atoms with Crippen LogP contribution in [0.25, 0.3) is 10.8 Å². The lowest BCUT2D eigenvalue weighted by molar-refractivity contribution is -0.134. The number of amides is 2. The maximum atomic E-state index is 14.3. The minimum Gasteiger partial charge on any atom is -0.392 e. The minimum atomic E-state index is -0.814. The third-order valence-electron chi connectivity index (χ3n) is 8.76. The van der Waals surface area contributed by atoms with E-state index in [2.05, 4.69) is 40.1 Å². The second-order valence-electron chi connectivity index (χ2n) is 11.7. The van der Waals surface area contributed by atoms with Crippen molar-refractivity contribution in [3.8, 4) is 0 Å². The van der Waals surface area contributed by atoms with Crippen LogP contribution in [-0.4, -0.2) is 60.5 Å². The molecule has 1 saturated heterocycles. The first-order valence-electron chi connectivity index (χ1n) is 15.1. The Hall–Kier alpha value is -4.89. The molecule has 1 aliphatic carbocycles. The summed E-state index contributed by atoms with van der Waals surface area (Å²) in [6, 6.07) is 34.2. The number of carbonyl (C=O) groups excluding carboxylic acids is 2. The van der Waals surface area contributed by atoms with Crippen LogP contribution < -0.4 is 22.1 Å². The molecule has 9 nitrogen and oxygen atoms in total. The Morgan fingerprint density at radius 1 is 0.955 bits per heavy atom. The number of rotatable bonds is 10. The Balaban J connectivity index is 1.21. The molecule has 4 aromatic rings. The monoisotopic (exact) mass is 590 g/mol. The predicted octanol–water partition coefficient (Wildman–Crippen LogP) is 3.56. The average molecular weight is 591 g/mol. The molecule has 1 spiro atoms. The van der Waals surface area contributed by atoms with Gasteiger partial charge in [-0.05, 0) is 52.0 Å². The molecule has 2 aliphatic rings. The lowest BCUT2D eigenvalue weighted by atomic mass is 9.90. The number of benzene rings is 4. The van der Waals surface area contributed by atoms with Gasteiger partial charge >= 0.3 is 0 Å². The van der Waals surface area contributed by atoms with Gasteiger partial charge in [-0.2, -0.15) is 0 Å². The summed E-state index contributed by atoms with van der Waals surface area (Å²) in [6.07, 6.45) is 1.28. The molecule has 3 atom stereocenters. The molecule has 4 aromatic carbocycles. The Bertz CT molecular complexity index is 1600. The van der Waals surface area contributed by atoms with E-state index in [1.807, 2.05) is 83.8 Å². The summed E-state index contributed by atoms with van der Waals surface area (Å²) < 4.78 is 0. The van der Waals surface area contributed by atoms with Crippen LogP contribution in [-0.2, 0) is 9.63 Å². The van der Waals surface area contributed by atoms with Gasteiger partial charge in [0, 0.05) is 43.1 Å². The second kappa shape index (κ2) is 12.8. The van der Waals surface area contributed by atoms with Gasteiger partial charge in [-0.3, -0.25) is 14.9 Å². The van der Waals surface area contributed by atoms with Crippen LogP contribution in [0.4, 0.5) is 0 Å². The summed E-state index contributed by atoms with van der Waals surface area (Å²) in [4.78, 5) is 34.8. The lowest BCUT2D eigenvalue weighted by Crippen LogP contribution is -2.52. The average Bonchev–Trinajstić information content (AvgIpc) is 3.78. The van der Waals surface area contributed by atoms with E-state index in [1.54, 1.807) is 0 Å². The maximum absolute atomic E-state index is 14.3. The van der Waals surface area contributed by atoms with Crippen molar-refractivity contribution in [3.05, 3.63) is 120 Å². The first-order chi connectivity index (χ1) is 21.4. The molecule has 1 saturated carbocycles. The highest BCUT2D eigenvalue weighted by Gasteiger charge is 2.63. The maximum Gasteiger partial charge on any atom is 0.251 e. The molecule has 1 heterocycles. The Kier molecular flexibility index (Phi) is 8.47. The fourth-order valence-electron chi connectivity index (χ4n) is 6.34. The van der Waals surface area contributed by atoms with Crippen molar-refractivity contribution < 1.29 is 14.4 Å². The summed E-state index contributed by atoms with van der Waals surface area (Å²) >= 11 is 0. The van der Waals surface area contributed by atoms with E-state index in [0.29, 0.717) is 38.0 Å². The van der Waals surface area contributed by atoms with E-state index < -0.39 is 5.54 Å². The summed E-state index contributed by atoms with van der Waals surface area (Å²) in [5, 5.41) is 12.5. The third-order valence-corrected chi connectivity index (χ3v) is 8.76. The van der Waals surface area contributed by atoms with Crippen LogP contribution in [0.5, 0.6) is 0 Å². The highest BCUT2D eigenvalue weighted by Crippen LogP contribution is 2.47. The first-order valence-corrected chi connectivity index (χ1v) is 15.1. The van der Waals surface area contributed by atoms with Gasteiger partial charge in [0.2, 0.25) is 11.9 Å². The first kappa shape index (κ1) is 29.2. The molecule has 2 amide bonds. The summed E-state index contributed by atoms with van der Waals surface area (Å²) in [6.45, 7) is 1.69. The van der Waals surface area contributed by atoms with Crippen molar-refractivity contribution in [2.45, 2.75) is 30.3 Å². The van der Waals surface area contributed by atoms with Gasteiger partial charge in [0.15, 0.2) is 0 Å². The molecule has 6 N–H and O–H groups in total. The molecule has 0 radical (unpaired) electrons. The fourth-order valence-corrected chi connectivity index (χ4v) is 6.34. The SMILES string of the molecule is NC(N)=NOCC1CC12N[C@H](CNC(=O)c1ccc3ccccc3c1)CCN(CC(c1ccccc1)c1ccccc1)C2=O. The van der Waals surface area contributed by atoms with E-state index in [4.69, 9.17) is 16.3 Å². The quantitative estimate of drug-likeness (QED) is 0.127. The Morgan fingerprint density at radius 2 is 1.61 bits per heavy atom. The molecule has 6 rings (SSSR count). The third kappa shape index (κ3) is 6.38. The van der Waals surface area contributed by atoms with Gasteiger partial charge in [-0.1, -0.05) is 91.0 Å². The van der Waals surface area contributed by atoms with Gasteiger partial charge in [-0.15, -0.1) is 0 Å². The molecule has 0 aromatic heterocycles. The Labute approximate surface area is 257 Å². The zero-order chi connectivity index (χ0) is 30.5. The second-order valence-corrected chi connectivity index (χ2v) is 11.7. The standard InChI is InChI=1S/C35H38N6O3/c36-34(37)40-44-23-29-20-35(29)33(43)41(22-31(25-10-3-1-4-11-25)26-12-5-2-6-13-26)18-17-30(39-35)21-38-32(42)28-16-15-24-9-7-8-14-27(24)19-28/h1-16,19,29-31,39H,17-18,20-23H2,(H,38,42)(H4,36,37,40)/t29?,30-,35?/m0/s1. The summed E-state index contributed by atoms with van der Waals surface area (Å²) in [5.74, 6) is -0.363. The molecule has 44 heavy (non-hydrogen) atoms. The van der Waals surface area contributed by atoms with Crippen molar-refractivity contribution in [2.24, 2.45) is 22.5 Å². The van der Waals surface area contributed by atoms with Gasteiger partial charge in [0.25, 0.3) is 5.91 Å². The highest BCUT2D eigenvalue weighted by molar-refractivity contribution is 5.98. The molecule has 0 bridgehead atoms. The summed E-state index contributed by atoms with van der Waals surface area (Å²) in [5.41, 5.74) is 13.0. The number of oxime groups is 1. The molecule has 2 fully saturated rings. The van der Waals surface area contributed by atoms with Gasteiger partial charge < -0.3 is 26.5 Å². The van der Waals surface area contributed by atoms with Crippen LogP contribution in [0, 0.1) is 5.92 Å². The number of hydrogen-bond donors (Lipinski definition) is 4. The van der Waals surface area contributed by atoms with Crippen LogP contribution >= 0.6 is 0 Å². The van der Waals surface area contributed by atoms with E-state index >= 15 is 0 Å². The molecular weight excluding hydrogens is 552 g/mol. The number of nitrogens with zero attached hydrogens (tertiary/aromatic N) is 2. The van der Waals surface area contributed by atoms with Crippen LogP contribution in [0.2, 0.25) is 0 Å². The normalized spacial score (nSPS) is 21.2. The van der Waals surface area contributed by atoms with E-state index in [-0.39, 0.29) is 42.3 Å². The zero-order valence-electron chi connectivity index (χ0n) is 24.6.